The Morgan fingerprint density at radius 2 is 2.27 bits per heavy atom. The van der Waals surface area contributed by atoms with E-state index in [0.29, 0.717) is 28.7 Å². The first-order valence-corrected chi connectivity index (χ1v) is 7.79. The van der Waals surface area contributed by atoms with Crippen LogP contribution in [0.5, 0.6) is 5.88 Å². The van der Waals surface area contributed by atoms with Crippen LogP contribution in [0, 0.1) is 11.3 Å². The molecule has 0 saturated carbocycles. The van der Waals surface area contributed by atoms with Gasteiger partial charge in [0, 0.05) is 25.4 Å². The van der Waals surface area contributed by atoms with Crippen molar-refractivity contribution in [3.8, 4) is 11.9 Å². The zero-order valence-electron chi connectivity index (χ0n) is 11.4. The Bertz CT molecular complexity index is 742. The third kappa shape index (κ3) is 3.03. The molecule has 1 amide bonds. The molecule has 1 atom stereocenters. The van der Waals surface area contributed by atoms with Crippen LogP contribution in [0.1, 0.15) is 21.8 Å². The van der Waals surface area contributed by atoms with Gasteiger partial charge in [-0.3, -0.25) is 4.79 Å². The van der Waals surface area contributed by atoms with E-state index in [1.165, 1.54) is 23.7 Å². The third-order valence-corrected chi connectivity index (χ3v) is 4.48. The number of hydrogen-bond donors (Lipinski definition) is 0. The number of halogens is 1. The second-order valence-corrected chi connectivity index (χ2v) is 6.42. The van der Waals surface area contributed by atoms with E-state index >= 15 is 0 Å². The average molecular weight is 335 g/mol. The fraction of sp³-hybridized carbons (Fsp3) is 0.286. The molecule has 1 aliphatic heterocycles. The molecule has 112 valence electrons. The van der Waals surface area contributed by atoms with Crippen LogP contribution in [0.2, 0.25) is 4.34 Å². The molecule has 6 nitrogen and oxygen atoms in total. The fourth-order valence-corrected chi connectivity index (χ4v) is 3.25. The molecule has 3 rings (SSSR count). The van der Waals surface area contributed by atoms with E-state index in [1.807, 2.05) is 6.07 Å². The number of aromatic nitrogens is 2. The van der Waals surface area contributed by atoms with Gasteiger partial charge in [-0.15, -0.1) is 11.3 Å². The molecule has 0 unspecified atom stereocenters. The average Bonchev–Trinajstić information content (AvgIpc) is 3.16. The first kappa shape index (κ1) is 14.8. The first-order chi connectivity index (χ1) is 10.7. The fourth-order valence-electron chi connectivity index (χ4n) is 2.24. The predicted octanol–water partition coefficient (Wildman–Crippen LogP) is 2.36. The van der Waals surface area contributed by atoms with Gasteiger partial charge in [-0.2, -0.15) is 5.26 Å². The summed E-state index contributed by atoms with van der Waals surface area (Å²) in [5.74, 6) is 0.158. The van der Waals surface area contributed by atoms with Crippen LogP contribution in [0.25, 0.3) is 0 Å². The first-order valence-electron chi connectivity index (χ1n) is 6.59. The summed E-state index contributed by atoms with van der Waals surface area (Å²) in [5, 5.41) is 8.98. The smallest absolute Gasteiger partial charge is 0.264 e. The van der Waals surface area contributed by atoms with Crippen LogP contribution < -0.4 is 4.74 Å². The van der Waals surface area contributed by atoms with Gasteiger partial charge < -0.3 is 9.64 Å². The van der Waals surface area contributed by atoms with E-state index in [2.05, 4.69) is 9.97 Å². The molecule has 0 bridgehead atoms. The number of rotatable bonds is 3. The van der Waals surface area contributed by atoms with Gasteiger partial charge in [0.25, 0.3) is 11.8 Å². The van der Waals surface area contributed by atoms with Gasteiger partial charge in [-0.1, -0.05) is 11.6 Å². The number of amides is 1. The van der Waals surface area contributed by atoms with E-state index in [0.717, 1.165) is 0 Å². The zero-order valence-corrected chi connectivity index (χ0v) is 13.0. The second kappa shape index (κ2) is 6.30. The molecule has 8 heteroatoms. The minimum Gasteiger partial charge on any atom is -0.470 e. The molecule has 0 spiro atoms. The maximum atomic E-state index is 12.3. The van der Waals surface area contributed by atoms with Gasteiger partial charge in [0.1, 0.15) is 12.2 Å². The number of nitrogens with zero attached hydrogens (tertiary/aromatic N) is 4. The molecule has 3 heterocycles. The number of likely N-dealkylation sites (tertiary alicyclic amines) is 1. The number of thiophene rings is 1. The molecule has 1 fully saturated rings. The van der Waals surface area contributed by atoms with Gasteiger partial charge in [0.15, 0.2) is 0 Å². The summed E-state index contributed by atoms with van der Waals surface area (Å²) >= 11 is 7.12. The van der Waals surface area contributed by atoms with Crippen molar-refractivity contribution in [1.82, 2.24) is 14.9 Å². The number of ether oxygens (including phenoxy) is 1. The Morgan fingerprint density at radius 3 is 3.00 bits per heavy atom. The predicted molar refractivity (Wildman–Crippen MR) is 81.0 cm³/mol. The monoisotopic (exact) mass is 334 g/mol. The normalized spacial score (nSPS) is 17.3. The third-order valence-electron chi connectivity index (χ3n) is 3.27. The highest BCUT2D eigenvalue weighted by atomic mass is 35.5. The van der Waals surface area contributed by atoms with Crippen molar-refractivity contribution in [1.29, 1.82) is 5.26 Å². The van der Waals surface area contributed by atoms with Gasteiger partial charge >= 0.3 is 0 Å². The SMILES string of the molecule is N#Cc1nccnc1O[C@H]1CCN(C(=O)c2ccc(Cl)s2)C1. The van der Waals surface area contributed by atoms with Crippen LogP contribution >= 0.6 is 22.9 Å². The van der Waals surface area contributed by atoms with Gasteiger partial charge in [0.2, 0.25) is 5.69 Å². The van der Waals surface area contributed by atoms with Crippen molar-refractivity contribution in [2.75, 3.05) is 13.1 Å². The molecule has 2 aromatic rings. The molecule has 0 aromatic carbocycles. The zero-order chi connectivity index (χ0) is 15.5. The molecule has 0 N–H and O–H groups in total. The quantitative estimate of drug-likeness (QED) is 0.860. The lowest BCUT2D eigenvalue weighted by Gasteiger charge is -2.16. The molecule has 0 aliphatic carbocycles. The van der Waals surface area contributed by atoms with Gasteiger partial charge in [0.05, 0.1) is 15.8 Å². The maximum absolute atomic E-state index is 12.3. The summed E-state index contributed by atoms with van der Waals surface area (Å²) in [6.07, 6.45) is 3.41. The summed E-state index contributed by atoms with van der Waals surface area (Å²) in [7, 11) is 0. The van der Waals surface area contributed by atoms with E-state index in [-0.39, 0.29) is 23.6 Å². The molecule has 1 saturated heterocycles. The Hall–Kier alpha value is -2.17. The van der Waals surface area contributed by atoms with E-state index in [1.54, 1.807) is 17.0 Å². The van der Waals surface area contributed by atoms with Crippen LogP contribution in [0.4, 0.5) is 0 Å². The summed E-state index contributed by atoms with van der Waals surface area (Å²) < 4.78 is 6.30. The number of hydrogen-bond acceptors (Lipinski definition) is 6. The lowest BCUT2D eigenvalue weighted by atomic mass is 10.3. The maximum Gasteiger partial charge on any atom is 0.264 e. The van der Waals surface area contributed by atoms with E-state index in [9.17, 15) is 4.79 Å². The van der Waals surface area contributed by atoms with Crippen molar-refractivity contribution < 1.29 is 9.53 Å². The number of nitriles is 1. The summed E-state index contributed by atoms with van der Waals surface area (Å²) in [5.41, 5.74) is 0.150. The highest BCUT2D eigenvalue weighted by molar-refractivity contribution is 7.17. The summed E-state index contributed by atoms with van der Waals surface area (Å²) in [4.78, 5) is 22.6. The molecular weight excluding hydrogens is 324 g/mol. The Kier molecular flexibility index (Phi) is 4.22. The van der Waals surface area contributed by atoms with Crippen molar-refractivity contribution >= 4 is 28.8 Å². The minimum atomic E-state index is -0.191. The van der Waals surface area contributed by atoms with Crippen LogP contribution in [-0.4, -0.2) is 40.0 Å². The van der Waals surface area contributed by atoms with Crippen LogP contribution in [0.3, 0.4) is 0 Å². The summed E-state index contributed by atoms with van der Waals surface area (Å²) in [6, 6.07) is 5.37. The van der Waals surface area contributed by atoms with Crippen LogP contribution in [0.15, 0.2) is 24.5 Å². The Balaban J connectivity index is 1.65. The van der Waals surface area contributed by atoms with Crippen LogP contribution in [-0.2, 0) is 0 Å². The number of carbonyl (C=O) groups excluding carboxylic acids is 1. The summed E-state index contributed by atoms with van der Waals surface area (Å²) in [6.45, 7) is 1.05. The molecule has 2 aromatic heterocycles. The highest BCUT2D eigenvalue weighted by Gasteiger charge is 2.29. The lowest BCUT2D eigenvalue weighted by Crippen LogP contribution is -2.30. The number of carbonyl (C=O) groups is 1. The molecule has 22 heavy (non-hydrogen) atoms. The van der Waals surface area contributed by atoms with E-state index in [4.69, 9.17) is 21.6 Å². The minimum absolute atomic E-state index is 0.0531. The molecule has 1 aliphatic rings. The van der Waals surface area contributed by atoms with E-state index < -0.39 is 0 Å². The lowest BCUT2D eigenvalue weighted by molar-refractivity contribution is 0.0776. The Morgan fingerprint density at radius 1 is 1.45 bits per heavy atom. The largest absolute Gasteiger partial charge is 0.470 e. The molecular formula is C14H11ClN4O2S. The second-order valence-electron chi connectivity index (χ2n) is 4.71. The van der Waals surface area contributed by atoms with Gasteiger partial charge in [-0.05, 0) is 12.1 Å². The molecule has 0 radical (unpaired) electrons. The standard InChI is InChI=1S/C14H11ClN4O2S/c15-12-2-1-11(22-12)14(20)19-6-3-9(8-19)21-13-10(7-16)17-4-5-18-13/h1-2,4-5,9H,3,6,8H2/t9-/m0/s1. The topological polar surface area (TPSA) is 79.1 Å². The van der Waals surface area contributed by atoms with Crippen molar-refractivity contribution in [2.45, 2.75) is 12.5 Å². The van der Waals surface area contributed by atoms with Crippen molar-refractivity contribution in [2.24, 2.45) is 0 Å². The highest BCUT2D eigenvalue weighted by Crippen LogP contribution is 2.25. The van der Waals surface area contributed by atoms with Gasteiger partial charge in [-0.25, -0.2) is 9.97 Å². The van der Waals surface area contributed by atoms with Crippen molar-refractivity contribution in [3.63, 3.8) is 0 Å². The Labute approximate surface area is 135 Å². The van der Waals surface area contributed by atoms with Crippen molar-refractivity contribution in [3.05, 3.63) is 39.4 Å².